The molecular formula is C32H51NO2. The van der Waals surface area contributed by atoms with Crippen molar-refractivity contribution in [3.63, 3.8) is 0 Å². The van der Waals surface area contributed by atoms with Crippen molar-refractivity contribution in [2.75, 3.05) is 6.61 Å². The molecule has 0 spiro atoms. The number of carbonyl (C=O) groups excluding carboxylic acids is 1. The molecule has 0 amide bonds. The molecule has 0 unspecified atom stereocenters. The molecule has 3 fully saturated rings. The van der Waals surface area contributed by atoms with Crippen LogP contribution in [0.5, 0.6) is 0 Å². The van der Waals surface area contributed by atoms with Gasteiger partial charge in [0.1, 0.15) is 0 Å². The molecule has 5 aliphatic carbocycles. The lowest BCUT2D eigenvalue weighted by Crippen LogP contribution is -2.64. The van der Waals surface area contributed by atoms with E-state index >= 15 is 0 Å². The standard InChI is InChI=1S/C32H51NO2/c1-21(34)35-20-28(4)15-16-29(5)17-18-31(7)22(23(29)19-28)9-10-25-30(6)13-12-26(33)27(2,3)24(30)11-14-32(25,31)8/h9-10,24-26H,11-20,33H2,1-8H3/t24-,25+,26-,28-,29+,30-,31+,32+/m0/s1. The molecule has 5 aliphatic rings. The topological polar surface area (TPSA) is 52.3 Å². The van der Waals surface area contributed by atoms with E-state index < -0.39 is 0 Å². The predicted octanol–water partition coefficient (Wildman–Crippen LogP) is 7.60. The highest BCUT2D eigenvalue weighted by atomic mass is 16.5. The van der Waals surface area contributed by atoms with Gasteiger partial charge < -0.3 is 10.5 Å². The van der Waals surface area contributed by atoms with E-state index in [0.717, 1.165) is 19.3 Å². The molecule has 3 heteroatoms. The minimum atomic E-state index is -0.154. The third-order valence-corrected chi connectivity index (χ3v) is 13.0. The van der Waals surface area contributed by atoms with Crippen LogP contribution in [-0.4, -0.2) is 18.6 Å². The number of allylic oxidation sites excluding steroid dienone is 4. The molecule has 0 bridgehead atoms. The number of rotatable bonds is 2. The molecule has 0 aromatic carbocycles. The number of esters is 1. The molecule has 196 valence electrons. The first kappa shape index (κ1) is 25.6. The van der Waals surface area contributed by atoms with Gasteiger partial charge in [-0.15, -0.1) is 0 Å². The molecule has 3 nitrogen and oxygen atoms in total. The summed E-state index contributed by atoms with van der Waals surface area (Å²) >= 11 is 0. The molecule has 0 aromatic rings. The van der Waals surface area contributed by atoms with Crippen LogP contribution in [0.4, 0.5) is 0 Å². The fourth-order valence-electron chi connectivity index (χ4n) is 10.2. The summed E-state index contributed by atoms with van der Waals surface area (Å²) in [4.78, 5) is 11.6. The van der Waals surface area contributed by atoms with Crippen LogP contribution in [0, 0.1) is 44.3 Å². The van der Waals surface area contributed by atoms with E-state index in [4.69, 9.17) is 10.5 Å². The van der Waals surface area contributed by atoms with Crippen LogP contribution in [-0.2, 0) is 9.53 Å². The second-order valence-electron chi connectivity index (χ2n) is 15.4. The van der Waals surface area contributed by atoms with Crippen molar-refractivity contribution in [3.8, 4) is 0 Å². The molecule has 0 saturated heterocycles. The summed E-state index contributed by atoms with van der Waals surface area (Å²) in [6.07, 6.45) is 16.3. The fraction of sp³-hybridized carbons (Fsp3) is 0.844. The van der Waals surface area contributed by atoms with Crippen molar-refractivity contribution in [2.45, 2.75) is 119 Å². The van der Waals surface area contributed by atoms with Crippen LogP contribution < -0.4 is 5.73 Å². The van der Waals surface area contributed by atoms with Crippen molar-refractivity contribution < 1.29 is 9.53 Å². The van der Waals surface area contributed by atoms with E-state index in [9.17, 15) is 4.79 Å². The van der Waals surface area contributed by atoms with E-state index in [1.54, 1.807) is 11.1 Å². The third-order valence-electron chi connectivity index (χ3n) is 13.0. The zero-order valence-corrected chi connectivity index (χ0v) is 23.9. The molecule has 35 heavy (non-hydrogen) atoms. The predicted molar refractivity (Wildman–Crippen MR) is 144 cm³/mol. The van der Waals surface area contributed by atoms with Crippen LogP contribution in [0.15, 0.2) is 23.3 Å². The second-order valence-corrected chi connectivity index (χ2v) is 15.4. The van der Waals surface area contributed by atoms with Gasteiger partial charge in [0, 0.05) is 18.4 Å². The van der Waals surface area contributed by atoms with E-state index in [1.165, 1.54) is 45.4 Å². The first-order valence-electron chi connectivity index (χ1n) is 14.4. The Hall–Kier alpha value is -1.09. The average molecular weight is 482 g/mol. The Bertz CT molecular complexity index is 978. The SMILES string of the molecule is CC(=O)OC[C@@]1(C)CC[C@]2(C)CC[C@]3(C)C(=C2C1)C=C[C@@H]1[C@@]2(C)CC[C@H](N)C(C)(C)[C@@H]2CC[C@]13C. The summed E-state index contributed by atoms with van der Waals surface area (Å²) in [5.74, 6) is 1.14. The van der Waals surface area contributed by atoms with Gasteiger partial charge in [-0.3, -0.25) is 4.79 Å². The highest BCUT2D eigenvalue weighted by Gasteiger charge is 2.66. The van der Waals surface area contributed by atoms with E-state index in [2.05, 4.69) is 60.6 Å². The number of ether oxygens (including phenoxy) is 1. The normalized spacial score (nSPS) is 50.5. The minimum Gasteiger partial charge on any atom is -0.465 e. The van der Waals surface area contributed by atoms with Gasteiger partial charge in [-0.25, -0.2) is 0 Å². The monoisotopic (exact) mass is 481 g/mol. The lowest BCUT2D eigenvalue weighted by Gasteiger charge is -2.69. The first-order chi connectivity index (χ1) is 16.1. The Balaban J connectivity index is 1.58. The first-order valence-corrected chi connectivity index (χ1v) is 14.4. The number of carbonyl (C=O) groups is 1. The summed E-state index contributed by atoms with van der Waals surface area (Å²) in [5, 5.41) is 0. The van der Waals surface area contributed by atoms with Gasteiger partial charge >= 0.3 is 5.97 Å². The highest BCUT2D eigenvalue weighted by molar-refractivity contribution is 5.65. The van der Waals surface area contributed by atoms with Crippen LogP contribution in [0.2, 0.25) is 0 Å². The molecule has 5 rings (SSSR count). The number of fused-ring (bicyclic) bond motifs is 6. The van der Waals surface area contributed by atoms with Crippen LogP contribution in [0.3, 0.4) is 0 Å². The summed E-state index contributed by atoms with van der Waals surface area (Å²) < 4.78 is 5.57. The van der Waals surface area contributed by atoms with Gasteiger partial charge in [0.2, 0.25) is 0 Å². The van der Waals surface area contributed by atoms with E-state index in [-0.39, 0.29) is 27.6 Å². The minimum absolute atomic E-state index is 0.0462. The molecule has 2 N–H and O–H groups in total. The Labute approximate surface area is 214 Å². The maximum Gasteiger partial charge on any atom is 0.302 e. The van der Waals surface area contributed by atoms with Crippen molar-refractivity contribution in [2.24, 2.45) is 50.1 Å². The fourth-order valence-corrected chi connectivity index (χ4v) is 10.2. The Morgan fingerprint density at radius 1 is 0.971 bits per heavy atom. The zero-order chi connectivity index (χ0) is 25.7. The number of nitrogens with two attached hydrogens (primary N) is 1. The quantitative estimate of drug-likeness (QED) is 0.413. The maximum absolute atomic E-state index is 11.6. The van der Waals surface area contributed by atoms with Crippen molar-refractivity contribution in [3.05, 3.63) is 23.3 Å². The van der Waals surface area contributed by atoms with Gasteiger partial charge in [-0.1, -0.05) is 66.2 Å². The Kier molecular flexibility index (Phi) is 5.63. The molecular weight excluding hydrogens is 430 g/mol. The summed E-state index contributed by atoms with van der Waals surface area (Å²) in [6, 6.07) is 0.318. The average Bonchev–Trinajstić information content (AvgIpc) is 2.77. The van der Waals surface area contributed by atoms with Crippen molar-refractivity contribution in [1.82, 2.24) is 0 Å². The van der Waals surface area contributed by atoms with Gasteiger partial charge in [0.15, 0.2) is 0 Å². The van der Waals surface area contributed by atoms with Crippen molar-refractivity contribution in [1.29, 1.82) is 0 Å². The molecule has 8 atom stereocenters. The van der Waals surface area contributed by atoms with E-state index in [1.807, 2.05) is 0 Å². The zero-order valence-electron chi connectivity index (χ0n) is 23.9. The summed E-state index contributed by atoms with van der Waals surface area (Å²) in [7, 11) is 0. The summed E-state index contributed by atoms with van der Waals surface area (Å²) in [6.45, 7) is 19.7. The molecule has 0 heterocycles. The van der Waals surface area contributed by atoms with Crippen LogP contribution in [0.25, 0.3) is 0 Å². The van der Waals surface area contributed by atoms with Gasteiger partial charge in [-0.2, -0.15) is 0 Å². The lowest BCUT2D eigenvalue weighted by molar-refractivity contribution is -0.156. The molecule has 0 aromatic heterocycles. The number of hydrogen-bond donors (Lipinski definition) is 1. The van der Waals surface area contributed by atoms with Gasteiger partial charge in [0.25, 0.3) is 0 Å². The maximum atomic E-state index is 11.6. The molecule has 0 aliphatic heterocycles. The Morgan fingerprint density at radius 2 is 1.66 bits per heavy atom. The second kappa shape index (κ2) is 7.71. The molecule has 0 radical (unpaired) electrons. The van der Waals surface area contributed by atoms with Gasteiger partial charge in [0.05, 0.1) is 6.61 Å². The van der Waals surface area contributed by atoms with Crippen LogP contribution >= 0.6 is 0 Å². The van der Waals surface area contributed by atoms with Crippen LogP contribution in [0.1, 0.15) is 113 Å². The smallest absolute Gasteiger partial charge is 0.302 e. The van der Waals surface area contributed by atoms with Gasteiger partial charge in [-0.05, 0) is 102 Å². The summed E-state index contributed by atoms with van der Waals surface area (Å²) in [5.41, 5.74) is 11.4. The molecule has 3 saturated carbocycles. The van der Waals surface area contributed by atoms with Crippen molar-refractivity contribution >= 4 is 5.97 Å². The largest absolute Gasteiger partial charge is 0.465 e. The van der Waals surface area contributed by atoms with E-state index in [0.29, 0.717) is 35.3 Å². The highest BCUT2D eigenvalue weighted by Crippen LogP contribution is 2.74. The Morgan fingerprint density at radius 3 is 2.34 bits per heavy atom. The number of hydrogen-bond acceptors (Lipinski definition) is 3. The lowest BCUT2D eigenvalue weighted by atomic mass is 9.35. The third kappa shape index (κ3) is 3.42.